The lowest BCUT2D eigenvalue weighted by atomic mass is 10.1. The van der Waals surface area contributed by atoms with E-state index in [4.69, 9.17) is 5.73 Å². The molecule has 0 aliphatic heterocycles. The molecule has 0 unspecified atom stereocenters. The van der Waals surface area contributed by atoms with Gasteiger partial charge in [0.15, 0.2) is 11.0 Å². The van der Waals surface area contributed by atoms with E-state index in [0.29, 0.717) is 24.5 Å². The van der Waals surface area contributed by atoms with E-state index in [-0.39, 0.29) is 5.91 Å². The average Bonchev–Trinajstić information content (AvgIpc) is 3.09. The number of amides is 1. The summed E-state index contributed by atoms with van der Waals surface area (Å²) in [5, 5.41) is 12.2. The third-order valence-electron chi connectivity index (χ3n) is 4.12. The van der Waals surface area contributed by atoms with Crippen molar-refractivity contribution < 1.29 is 4.79 Å². The van der Waals surface area contributed by atoms with Gasteiger partial charge in [0.2, 0.25) is 5.91 Å². The molecule has 3 N–H and O–H groups in total. The van der Waals surface area contributed by atoms with Crippen LogP contribution in [0.3, 0.4) is 0 Å². The van der Waals surface area contributed by atoms with Gasteiger partial charge in [-0.25, -0.2) is 0 Å². The highest BCUT2D eigenvalue weighted by Gasteiger charge is 2.14. The van der Waals surface area contributed by atoms with Gasteiger partial charge in [-0.05, 0) is 31.5 Å². The predicted octanol–water partition coefficient (Wildman–Crippen LogP) is 3.26. The molecule has 1 heterocycles. The van der Waals surface area contributed by atoms with E-state index >= 15 is 0 Å². The van der Waals surface area contributed by atoms with Crippen LogP contribution in [0.15, 0.2) is 53.7 Å². The summed E-state index contributed by atoms with van der Waals surface area (Å²) in [6.45, 7) is 5.31. The van der Waals surface area contributed by atoms with E-state index in [9.17, 15) is 4.79 Å². The fourth-order valence-electron chi connectivity index (χ4n) is 2.66. The zero-order valence-electron chi connectivity index (χ0n) is 15.5. The van der Waals surface area contributed by atoms with Crippen molar-refractivity contribution in [2.45, 2.75) is 32.1 Å². The smallest absolute Gasteiger partial charge is 0.230 e. The van der Waals surface area contributed by atoms with Crippen molar-refractivity contribution in [3.05, 3.63) is 59.7 Å². The Hall–Kier alpha value is -2.80. The van der Waals surface area contributed by atoms with Crippen molar-refractivity contribution in [2.24, 2.45) is 0 Å². The molecule has 1 aromatic heterocycles. The first-order valence-corrected chi connectivity index (χ1v) is 9.79. The second-order valence-corrected chi connectivity index (χ2v) is 7.17. The molecule has 1 amide bonds. The summed E-state index contributed by atoms with van der Waals surface area (Å²) in [6.07, 6.45) is 0. The number of thioether (sulfide) groups is 1. The second-order valence-electron chi connectivity index (χ2n) is 6.23. The van der Waals surface area contributed by atoms with Crippen LogP contribution in [0.1, 0.15) is 18.1 Å². The molecule has 140 valence electrons. The maximum atomic E-state index is 12.2. The monoisotopic (exact) mass is 381 g/mol. The van der Waals surface area contributed by atoms with Crippen molar-refractivity contribution in [3.8, 4) is 11.4 Å². The van der Waals surface area contributed by atoms with E-state index in [0.717, 1.165) is 22.1 Å². The normalized spacial score (nSPS) is 10.7. The van der Waals surface area contributed by atoms with Crippen molar-refractivity contribution in [1.29, 1.82) is 0 Å². The minimum absolute atomic E-state index is 0.0308. The number of hydrogen-bond donors (Lipinski definition) is 2. The Bertz CT molecular complexity index is 920. The van der Waals surface area contributed by atoms with Crippen molar-refractivity contribution in [2.75, 3.05) is 11.5 Å². The van der Waals surface area contributed by atoms with E-state index in [1.165, 1.54) is 17.3 Å². The molecule has 0 saturated carbocycles. The first-order chi connectivity index (χ1) is 13.1. The molecule has 2 aromatic carbocycles. The zero-order chi connectivity index (χ0) is 19.2. The number of aryl methyl sites for hydroxylation is 1. The zero-order valence-corrected chi connectivity index (χ0v) is 16.3. The predicted molar refractivity (Wildman–Crippen MR) is 109 cm³/mol. The Balaban J connectivity index is 1.60. The molecule has 27 heavy (non-hydrogen) atoms. The number of anilines is 1. The molecule has 0 bridgehead atoms. The molecular weight excluding hydrogens is 358 g/mol. The number of nitrogens with one attached hydrogen (secondary N) is 1. The summed E-state index contributed by atoms with van der Waals surface area (Å²) < 4.78 is 1.99. The van der Waals surface area contributed by atoms with Crippen LogP contribution < -0.4 is 11.1 Å². The third-order valence-corrected chi connectivity index (χ3v) is 5.09. The van der Waals surface area contributed by atoms with Crippen LogP contribution in [0, 0.1) is 6.92 Å². The van der Waals surface area contributed by atoms with Gasteiger partial charge in [-0.1, -0.05) is 53.7 Å². The fraction of sp³-hybridized carbons (Fsp3) is 0.250. The summed E-state index contributed by atoms with van der Waals surface area (Å²) in [5.74, 6) is 1.02. The molecule has 0 aliphatic carbocycles. The summed E-state index contributed by atoms with van der Waals surface area (Å²) in [7, 11) is 0. The van der Waals surface area contributed by atoms with E-state index in [1.54, 1.807) is 0 Å². The Kier molecular flexibility index (Phi) is 6.13. The van der Waals surface area contributed by atoms with Crippen LogP contribution >= 0.6 is 11.8 Å². The van der Waals surface area contributed by atoms with Crippen LogP contribution in [-0.2, 0) is 17.9 Å². The molecule has 0 fully saturated rings. The first-order valence-electron chi connectivity index (χ1n) is 8.81. The number of nitrogen functional groups attached to an aromatic ring is 1. The quantitative estimate of drug-likeness (QED) is 0.485. The number of nitrogens with zero attached hydrogens (tertiary/aromatic N) is 3. The molecule has 0 saturated heterocycles. The standard InChI is InChI=1S/C20H23N5OS/c1-3-25-19(16-5-4-6-17(21)11-16)23-24-20(25)27-13-18(26)22-12-15-9-7-14(2)8-10-15/h4-11H,3,12-13,21H2,1-2H3,(H,22,26). The van der Waals surface area contributed by atoms with Gasteiger partial charge in [0.1, 0.15) is 0 Å². The molecule has 3 rings (SSSR count). The molecular formula is C20H23N5OS. The third kappa shape index (κ3) is 4.89. The summed E-state index contributed by atoms with van der Waals surface area (Å²) in [5.41, 5.74) is 9.75. The molecule has 0 spiro atoms. The van der Waals surface area contributed by atoms with Crippen molar-refractivity contribution >= 4 is 23.4 Å². The molecule has 0 aliphatic rings. The number of aromatic nitrogens is 3. The molecule has 0 atom stereocenters. The van der Waals surface area contributed by atoms with Gasteiger partial charge in [0, 0.05) is 24.3 Å². The minimum Gasteiger partial charge on any atom is -0.399 e. The van der Waals surface area contributed by atoms with E-state index < -0.39 is 0 Å². The van der Waals surface area contributed by atoms with Crippen molar-refractivity contribution in [1.82, 2.24) is 20.1 Å². The molecule has 6 nitrogen and oxygen atoms in total. The lowest BCUT2D eigenvalue weighted by Crippen LogP contribution is -2.24. The fourth-order valence-corrected chi connectivity index (χ4v) is 3.49. The van der Waals surface area contributed by atoms with Gasteiger partial charge in [0.25, 0.3) is 0 Å². The topological polar surface area (TPSA) is 85.8 Å². The van der Waals surface area contributed by atoms with Crippen molar-refractivity contribution in [3.63, 3.8) is 0 Å². The highest BCUT2D eigenvalue weighted by atomic mass is 32.2. The van der Waals surface area contributed by atoms with Crippen LogP contribution in [0.5, 0.6) is 0 Å². The second kappa shape index (κ2) is 8.73. The summed E-state index contributed by atoms with van der Waals surface area (Å²) in [4.78, 5) is 12.2. The highest BCUT2D eigenvalue weighted by molar-refractivity contribution is 7.99. The number of benzene rings is 2. The number of hydrogen-bond acceptors (Lipinski definition) is 5. The van der Waals surface area contributed by atoms with E-state index in [1.807, 2.05) is 66.9 Å². The number of rotatable bonds is 7. The van der Waals surface area contributed by atoms with Gasteiger partial charge in [-0.3, -0.25) is 4.79 Å². The van der Waals surface area contributed by atoms with Crippen LogP contribution in [0.4, 0.5) is 5.69 Å². The van der Waals surface area contributed by atoms with Crippen LogP contribution in [0.25, 0.3) is 11.4 Å². The lowest BCUT2D eigenvalue weighted by molar-refractivity contribution is -0.118. The Morgan fingerprint density at radius 3 is 2.67 bits per heavy atom. The Morgan fingerprint density at radius 2 is 1.96 bits per heavy atom. The largest absolute Gasteiger partial charge is 0.399 e. The maximum Gasteiger partial charge on any atom is 0.230 e. The van der Waals surface area contributed by atoms with Gasteiger partial charge in [-0.2, -0.15) is 0 Å². The first kappa shape index (κ1) is 19.0. The van der Waals surface area contributed by atoms with Crippen LogP contribution in [-0.4, -0.2) is 26.4 Å². The summed E-state index contributed by atoms with van der Waals surface area (Å²) in [6, 6.07) is 15.7. The SMILES string of the molecule is CCn1c(SCC(=O)NCc2ccc(C)cc2)nnc1-c1cccc(N)c1. The Morgan fingerprint density at radius 1 is 1.19 bits per heavy atom. The number of carbonyl (C=O) groups is 1. The lowest BCUT2D eigenvalue weighted by Gasteiger charge is -2.08. The van der Waals surface area contributed by atoms with Gasteiger partial charge >= 0.3 is 0 Å². The number of carbonyl (C=O) groups excluding carboxylic acids is 1. The summed E-state index contributed by atoms with van der Waals surface area (Å²) >= 11 is 1.38. The van der Waals surface area contributed by atoms with Gasteiger partial charge in [0.05, 0.1) is 5.75 Å². The van der Waals surface area contributed by atoms with Gasteiger partial charge in [-0.15, -0.1) is 10.2 Å². The van der Waals surface area contributed by atoms with Crippen LogP contribution in [0.2, 0.25) is 0 Å². The average molecular weight is 382 g/mol. The minimum atomic E-state index is -0.0308. The molecule has 3 aromatic rings. The van der Waals surface area contributed by atoms with Gasteiger partial charge < -0.3 is 15.6 Å². The Labute approximate surface area is 163 Å². The van der Waals surface area contributed by atoms with E-state index in [2.05, 4.69) is 15.5 Å². The number of nitrogens with two attached hydrogens (primary N) is 1. The maximum absolute atomic E-state index is 12.2. The molecule has 0 radical (unpaired) electrons. The highest BCUT2D eigenvalue weighted by Crippen LogP contribution is 2.25. The molecule has 7 heteroatoms.